The first-order chi connectivity index (χ1) is 9.30. The molecule has 0 rings (SSSR count). The molecule has 2 N–H and O–H groups in total. The van der Waals surface area contributed by atoms with E-state index in [0.717, 1.165) is 0 Å². The summed E-state index contributed by atoms with van der Waals surface area (Å²) in [6.45, 7) is 20.6. The Kier molecular flexibility index (Phi) is 7.34. The van der Waals surface area contributed by atoms with E-state index in [1.165, 1.54) is 0 Å². The van der Waals surface area contributed by atoms with Crippen LogP contribution in [0.15, 0.2) is 12.7 Å². The molecule has 126 valence electrons. The maximum Gasteiger partial charge on any atom is 0.192 e. The minimum Gasteiger partial charge on any atom is -0.413 e. The molecule has 21 heavy (non-hydrogen) atoms. The lowest BCUT2D eigenvalue weighted by Crippen LogP contribution is -2.49. The van der Waals surface area contributed by atoms with Crippen LogP contribution in [0.4, 0.5) is 0 Å². The quantitative estimate of drug-likeness (QED) is 0.526. The highest BCUT2D eigenvalue weighted by Gasteiger charge is 2.42. The van der Waals surface area contributed by atoms with E-state index in [4.69, 9.17) is 4.43 Å². The normalized spacial score (nSPS) is 18.2. The Balaban J connectivity index is 5.19. The van der Waals surface area contributed by atoms with E-state index in [1.807, 2.05) is 26.8 Å². The van der Waals surface area contributed by atoms with Crippen LogP contribution in [-0.4, -0.2) is 37.3 Å². The Bertz CT molecular complexity index is 331. The van der Waals surface area contributed by atoms with E-state index < -0.39 is 19.8 Å². The first-order valence-electron chi connectivity index (χ1n) is 7.88. The van der Waals surface area contributed by atoms with Gasteiger partial charge in [-0.3, -0.25) is 0 Å². The summed E-state index contributed by atoms with van der Waals surface area (Å²) in [4.78, 5) is 0. The zero-order valence-electron chi connectivity index (χ0n) is 15.2. The van der Waals surface area contributed by atoms with Crippen LogP contribution in [0.3, 0.4) is 0 Å². The van der Waals surface area contributed by atoms with E-state index in [2.05, 4.69) is 40.4 Å². The highest BCUT2D eigenvalue weighted by molar-refractivity contribution is 6.74. The van der Waals surface area contributed by atoms with Gasteiger partial charge in [0.1, 0.15) is 0 Å². The molecular formula is C17H36O3Si. The van der Waals surface area contributed by atoms with Gasteiger partial charge in [-0.25, -0.2) is 0 Å². The molecule has 0 aliphatic carbocycles. The molecule has 3 nitrogen and oxygen atoms in total. The van der Waals surface area contributed by atoms with Crippen molar-refractivity contribution < 1.29 is 14.6 Å². The topological polar surface area (TPSA) is 49.7 Å². The maximum absolute atomic E-state index is 10.6. The Labute approximate surface area is 132 Å². The van der Waals surface area contributed by atoms with Crippen molar-refractivity contribution in [3.8, 4) is 0 Å². The van der Waals surface area contributed by atoms with Crippen LogP contribution >= 0.6 is 0 Å². The second-order valence-electron chi connectivity index (χ2n) is 8.39. The molecule has 0 aliphatic heterocycles. The van der Waals surface area contributed by atoms with Gasteiger partial charge in [0.25, 0.3) is 0 Å². The van der Waals surface area contributed by atoms with Crippen LogP contribution in [0.1, 0.15) is 48.0 Å². The smallest absolute Gasteiger partial charge is 0.192 e. The zero-order chi connectivity index (χ0) is 17.1. The van der Waals surface area contributed by atoms with Gasteiger partial charge < -0.3 is 14.6 Å². The summed E-state index contributed by atoms with van der Waals surface area (Å²) in [5.74, 6) is -0.0562. The molecule has 0 saturated carbocycles. The van der Waals surface area contributed by atoms with Crippen LogP contribution in [-0.2, 0) is 4.43 Å². The molecule has 0 fully saturated rings. The summed E-state index contributed by atoms with van der Waals surface area (Å²) >= 11 is 0. The van der Waals surface area contributed by atoms with Gasteiger partial charge in [-0.2, -0.15) is 0 Å². The van der Waals surface area contributed by atoms with Gasteiger partial charge in [-0.15, -0.1) is 6.58 Å². The molecule has 0 spiro atoms. The standard InChI is InChI=1S/C17H36O3Si/c1-10-11-14(20-21(8,9)16(3,4)5)13(2)15(19)17(6,7)12-18/h10,13-15,18-19H,1,11-12H2,2-9H3/t13-,14-,15+/m0/s1. The van der Waals surface area contributed by atoms with Crippen LogP contribution in [0.5, 0.6) is 0 Å². The molecule has 0 unspecified atom stereocenters. The van der Waals surface area contributed by atoms with Crippen molar-refractivity contribution >= 4 is 8.32 Å². The Morgan fingerprint density at radius 3 is 2.00 bits per heavy atom. The molecule has 0 aliphatic rings. The van der Waals surface area contributed by atoms with Crippen molar-refractivity contribution in [3.63, 3.8) is 0 Å². The fourth-order valence-corrected chi connectivity index (χ4v) is 3.52. The van der Waals surface area contributed by atoms with E-state index >= 15 is 0 Å². The summed E-state index contributed by atoms with van der Waals surface area (Å²) in [6, 6.07) is 0. The Morgan fingerprint density at radius 1 is 1.19 bits per heavy atom. The molecule has 0 aromatic carbocycles. The van der Waals surface area contributed by atoms with Gasteiger partial charge in [0.05, 0.1) is 18.8 Å². The first kappa shape index (κ1) is 20.8. The lowest BCUT2D eigenvalue weighted by atomic mass is 9.78. The van der Waals surface area contributed by atoms with Gasteiger partial charge in [0.2, 0.25) is 0 Å². The summed E-state index contributed by atoms with van der Waals surface area (Å²) in [7, 11) is -1.90. The van der Waals surface area contributed by atoms with Gasteiger partial charge in [-0.05, 0) is 24.6 Å². The van der Waals surface area contributed by atoms with E-state index in [0.29, 0.717) is 6.42 Å². The van der Waals surface area contributed by atoms with E-state index in [-0.39, 0.29) is 23.7 Å². The average molecular weight is 317 g/mol. The fraction of sp³-hybridized carbons (Fsp3) is 0.882. The second kappa shape index (κ2) is 7.40. The van der Waals surface area contributed by atoms with Gasteiger partial charge in [0, 0.05) is 11.3 Å². The minimum absolute atomic E-state index is 0.0423. The maximum atomic E-state index is 10.6. The zero-order valence-corrected chi connectivity index (χ0v) is 16.2. The summed E-state index contributed by atoms with van der Waals surface area (Å²) in [5, 5.41) is 20.2. The number of rotatable bonds is 8. The first-order valence-corrected chi connectivity index (χ1v) is 10.8. The SMILES string of the molecule is C=CC[C@H](O[Si](C)(C)C(C)(C)C)[C@H](C)[C@@H](O)C(C)(C)CO. The average Bonchev–Trinajstić information content (AvgIpc) is 2.34. The number of aliphatic hydroxyl groups excluding tert-OH is 2. The van der Waals surface area contributed by atoms with Crippen molar-refractivity contribution in [3.05, 3.63) is 12.7 Å². The molecule has 0 radical (unpaired) electrons. The number of hydrogen-bond acceptors (Lipinski definition) is 3. The molecule has 0 amide bonds. The third-order valence-corrected chi connectivity index (χ3v) is 9.45. The van der Waals surface area contributed by atoms with E-state index in [1.54, 1.807) is 0 Å². The Hall–Kier alpha value is -0.163. The van der Waals surface area contributed by atoms with Crippen LogP contribution in [0.25, 0.3) is 0 Å². The summed E-state index contributed by atoms with van der Waals surface area (Å²) in [5.41, 5.74) is -0.532. The molecule has 0 saturated heterocycles. The third-order valence-electron chi connectivity index (χ3n) is 4.94. The largest absolute Gasteiger partial charge is 0.413 e. The lowest BCUT2D eigenvalue weighted by molar-refractivity contribution is -0.0583. The monoisotopic (exact) mass is 316 g/mol. The van der Waals surface area contributed by atoms with Crippen molar-refractivity contribution in [1.29, 1.82) is 0 Å². The van der Waals surface area contributed by atoms with Gasteiger partial charge in [-0.1, -0.05) is 47.6 Å². The van der Waals surface area contributed by atoms with Crippen molar-refractivity contribution in [2.24, 2.45) is 11.3 Å². The predicted molar refractivity (Wildman–Crippen MR) is 92.9 cm³/mol. The van der Waals surface area contributed by atoms with Gasteiger partial charge >= 0.3 is 0 Å². The van der Waals surface area contributed by atoms with Gasteiger partial charge in [0.15, 0.2) is 8.32 Å². The summed E-state index contributed by atoms with van der Waals surface area (Å²) in [6.07, 6.45) is 1.89. The van der Waals surface area contributed by atoms with Crippen LogP contribution < -0.4 is 0 Å². The molecule has 0 aromatic rings. The van der Waals surface area contributed by atoms with E-state index in [9.17, 15) is 10.2 Å². The number of hydrogen-bond donors (Lipinski definition) is 2. The molecule has 4 heteroatoms. The predicted octanol–water partition coefficient (Wildman–Crippen LogP) is 3.97. The lowest BCUT2D eigenvalue weighted by Gasteiger charge is -2.43. The highest BCUT2D eigenvalue weighted by atomic mass is 28.4. The highest BCUT2D eigenvalue weighted by Crippen LogP contribution is 2.39. The third kappa shape index (κ3) is 5.51. The molecule has 0 heterocycles. The Morgan fingerprint density at radius 2 is 1.67 bits per heavy atom. The molecule has 0 aromatic heterocycles. The molecular weight excluding hydrogens is 280 g/mol. The number of aliphatic hydroxyl groups is 2. The summed E-state index contributed by atoms with van der Waals surface area (Å²) < 4.78 is 6.49. The second-order valence-corrected chi connectivity index (χ2v) is 13.1. The van der Waals surface area contributed by atoms with Crippen LogP contribution in [0.2, 0.25) is 18.1 Å². The minimum atomic E-state index is -1.90. The van der Waals surface area contributed by atoms with Crippen LogP contribution in [0, 0.1) is 11.3 Å². The molecule has 0 bridgehead atoms. The van der Waals surface area contributed by atoms with Crippen molar-refractivity contribution in [2.75, 3.05) is 6.61 Å². The van der Waals surface area contributed by atoms with Crippen molar-refractivity contribution in [1.82, 2.24) is 0 Å². The van der Waals surface area contributed by atoms with Crippen molar-refractivity contribution in [2.45, 2.75) is 78.3 Å². The fourth-order valence-electron chi connectivity index (χ4n) is 2.10. The molecule has 3 atom stereocenters.